The highest BCUT2D eigenvalue weighted by atomic mass is 19.1. The van der Waals surface area contributed by atoms with Crippen LogP contribution in [0.3, 0.4) is 0 Å². The minimum absolute atomic E-state index is 0.165. The van der Waals surface area contributed by atoms with Crippen molar-refractivity contribution < 1.29 is 18.7 Å². The number of ether oxygens (including phenoxy) is 2. The summed E-state index contributed by atoms with van der Waals surface area (Å²) in [5, 5.41) is 0. The van der Waals surface area contributed by atoms with Gasteiger partial charge in [-0.1, -0.05) is 12.1 Å². The number of halogens is 1. The van der Waals surface area contributed by atoms with Crippen LogP contribution in [0, 0.1) is 5.82 Å². The van der Waals surface area contributed by atoms with Crippen LogP contribution in [0.1, 0.15) is 23.2 Å². The van der Waals surface area contributed by atoms with Crippen molar-refractivity contribution in [1.29, 1.82) is 0 Å². The average molecular weight is 297 g/mol. The van der Waals surface area contributed by atoms with E-state index >= 15 is 0 Å². The minimum Gasteiger partial charge on any atom is -0.385 e. The van der Waals surface area contributed by atoms with Gasteiger partial charge in [-0.05, 0) is 18.6 Å². The SMILES string of the molecule is COCCCN(CCOC)CCC(=O)c1ccccc1F. The van der Waals surface area contributed by atoms with Crippen molar-refractivity contribution in [1.82, 2.24) is 4.90 Å². The molecule has 0 aliphatic carbocycles. The zero-order chi connectivity index (χ0) is 15.5. The van der Waals surface area contributed by atoms with Crippen molar-refractivity contribution in [2.45, 2.75) is 12.8 Å². The Morgan fingerprint density at radius 3 is 2.48 bits per heavy atom. The lowest BCUT2D eigenvalue weighted by Crippen LogP contribution is -2.31. The molecule has 0 N–H and O–H groups in total. The first-order chi connectivity index (χ1) is 10.2. The first-order valence-electron chi connectivity index (χ1n) is 7.17. The number of ketones is 1. The molecule has 0 spiro atoms. The highest BCUT2D eigenvalue weighted by Gasteiger charge is 2.13. The van der Waals surface area contributed by atoms with Crippen molar-refractivity contribution in [3.05, 3.63) is 35.6 Å². The maximum Gasteiger partial charge on any atom is 0.167 e. The fourth-order valence-corrected chi connectivity index (χ4v) is 2.07. The van der Waals surface area contributed by atoms with Crippen LogP contribution >= 0.6 is 0 Å². The summed E-state index contributed by atoms with van der Waals surface area (Å²) in [4.78, 5) is 14.2. The van der Waals surface area contributed by atoms with Gasteiger partial charge in [0.25, 0.3) is 0 Å². The summed E-state index contributed by atoms with van der Waals surface area (Å²) in [7, 11) is 3.32. The molecule has 0 unspecified atom stereocenters. The van der Waals surface area contributed by atoms with Crippen LogP contribution in [0.15, 0.2) is 24.3 Å². The first-order valence-corrected chi connectivity index (χ1v) is 7.17. The molecule has 0 aromatic heterocycles. The molecule has 0 aliphatic rings. The molecule has 1 aromatic rings. The van der Waals surface area contributed by atoms with E-state index in [0.29, 0.717) is 26.2 Å². The second kappa shape index (κ2) is 10.4. The van der Waals surface area contributed by atoms with Crippen LogP contribution in [0.5, 0.6) is 0 Å². The quantitative estimate of drug-likeness (QED) is 0.464. The third-order valence-electron chi connectivity index (χ3n) is 3.26. The molecule has 0 amide bonds. The van der Waals surface area contributed by atoms with Crippen LogP contribution in [0.4, 0.5) is 4.39 Å². The molecule has 0 fully saturated rings. The van der Waals surface area contributed by atoms with E-state index in [1.807, 2.05) is 0 Å². The largest absolute Gasteiger partial charge is 0.385 e. The lowest BCUT2D eigenvalue weighted by atomic mass is 10.1. The zero-order valence-corrected chi connectivity index (χ0v) is 12.8. The number of Topliss-reactive ketones (excluding diaryl/α,β-unsaturated/α-hetero) is 1. The van der Waals surface area contributed by atoms with Gasteiger partial charge in [-0.3, -0.25) is 4.79 Å². The zero-order valence-electron chi connectivity index (χ0n) is 12.8. The smallest absolute Gasteiger partial charge is 0.167 e. The number of rotatable bonds is 11. The van der Waals surface area contributed by atoms with Gasteiger partial charge in [-0.25, -0.2) is 4.39 Å². The van der Waals surface area contributed by atoms with E-state index in [2.05, 4.69) is 4.90 Å². The molecule has 0 aliphatic heterocycles. The summed E-state index contributed by atoms with van der Waals surface area (Å²) >= 11 is 0. The molecule has 21 heavy (non-hydrogen) atoms. The van der Waals surface area contributed by atoms with Crippen molar-refractivity contribution >= 4 is 5.78 Å². The topological polar surface area (TPSA) is 38.8 Å². The Kier molecular flexibility index (Phi) is 8.82. The van der Waals surface area contributed by atoms with Gasteiger partial charge in [0, 0.05) is 46.9 Å². The fraction of sp³-hybridized carbons (Fsp3) is 0.562. The third kappa shape index (κ3) is 6.80. The molecule has 1 aromatic carbocycles. The molecule has 0 atom stereocenters. The van der Waals surface area contributed by atoms with E-state index in [4.69, 9.17) is 9.47 Å². The molecule has 0 saturated carbocycles. The minimum atomic E-state index is -0.453. The van der Waals surface area contributed by atoms with Crippen LogP contribution in [-0.2, 0) is 9.47 Å². The Bertz CT molecular complexity index is 426. The molecule has 0 bridgehead atoms. The van der Waals surface area contributed by atoms with E-state index in [9.17, 15) is 9.18 Å². The number of hydrogen-bond donors (Lipinski definition) is 0. The molecule has 4 nitrogen and oxygen atoms in total. The standard InChI is InChI=1S/C16H24FNO3/c1-20-12-5-9-18(11-13-21-2)10-8-16(19)14-6-3-4-7-15(14)17/h3-4,6-7H,5,8-13H2,1-2H3. The number of carbonyl (C=O) groups is 1. The van der Waals surface area contributed by atoms with Crippen LogP contribution in [0.2, 0.25) is 0 Å². The number of carbonyl (C=O) groups excluding carboxylic acids is 1. The normalized spacial score (nSPS) is 11.0. The Morgan fingerprint density at radius 1 is 1.10 bits per heavy atom. The molecule has 0 radical (unpaired) electrons. The summed E-state index contributed by atoms with van der Waals surface area (Å²) < 4.78 is 23.6. The van der Waals surface area contributed by atoms with Gasteiger partial charge in [0.1, 0.15) is 5.82 Å². The fourth-order valence-electron chi connectivity index (χ4n) is 2.07. The van der Waals surface area contributed by atoms with Crippen LogP contribution < -0.4 is 0 Å². The number of hydrogen-bond acceptors (Lipinski definition) is 4. The number of methoxy groups -OCH3 is 2. The third-order valence-corrected chi connectivity index (χ3v) is 3.26. The monoisotopic (exact) mass is 297 g/mol. The summed E-state index contributed by atoms with van der Waals surface area (Å²) in [6, 6.07) is 6.11. The summed E-state index contributed by atoms with van der Waals surface area (Å²) in [6.45, 7) is 3.48. The van der Waals surface area contributed by atoms with Crippen molar-refractivity contribution in [3.63, 3.8) is 0 Å². The Balaban J connectivity index is 2.47. The van der Waals surface area contributed by atoms with Gasteiger partial charge < -0.3 is 14.4 Å². The van der Waals surface area contributed by atoms with Crippen LogP contribution in [-0.4, -0.2) is 57.8 Å². The van der Waals surface area contributed by atoms with Crippen molar-refractivity contribution in [2.24, 2.45) is 0 Å². The van der Waals surface area contributed by atoms with Gasteiger partial charge >= 0.3 is 0 Å². The lowest BCUT2D eigenvalue weighted by molar-refractivity contribution is 0.0937. The van der Waals surface area contributed by atoms with E-state index in [-0.39, 0.29) is 11.3 Å². The van der Waals surface area contributed by atoms with E-state index in [1.165, 1.54) is 12.1 Å². The molecular formula is C16H24FNO3. The van der Waals surface area contributed by atoms with Crippen LogP contribution in [0.25, 0.3) is 0 Å². The van der Waals surface area contributed by atoms with Gasteiger partial charge in [0.05, 0.1) is 12.2 Å². The molecule has 0 heterocycles. The van der Waals surface area contributed by atoms with Crippen molar-refractivity contribution in [3.8, 4) is 0 Å². The van der Waals surface area contributed by atoms with Gasteiger partial charge in [0.15, 0.2) is 5.78 Å². The van der Waals surface area contributed by atoms with Gasteiger partial charge in [0.2, 0.25) is 0 Å². The van der Waals surface area contributed by atoms with E-state index in [0.717, 1.165) is 19.5 Å². The second-order valence-electron chi connectivity index (χ2n) is 4.83. The summed E-state index contributed by atoms with van der Waals surface area (Å²) in [6.07, 6.45) is 1.20. The Hall–Kier alpha value is -1.30. The summed E-state index contributed by atoms with van der Waals surface area (Å²) in [5.41, 5.74) is 0.168. The average Bonchev–Trinajstić information content (AvgIpc) is 2.49. The molecule has 0 saturated heterocycles. The number of benzene rings is 1. The second-order valence-corrected chi connectivity index (χ2v) is 4.83. The molecule has 5 heteroatoms. The number of nitrogens with zero attached hydrogens (tertiary/aromatic N) is 1. The highest BCUT2D eigenvalue weighted by molar-refractivity contribution is 5.96. The summed E-state index contributed by atoms with van der Waals surface area (Å²) in [5.74, 6) is -0.618. The Labute approximate surface area is 125 Å². The molecular weight excluding hydrogens is 273 g/mol. The van der Waals surface area contributed by atoms with Gasteiger partial charge in [-0.2, -0.15) is 0 Å². The Morgan fingerprint density at radius 2 is 1.81 bits per heavy atom. The maximum atomic E-state index is 13.5. The van der Waals surface area contributed by atoms with Crippen molar-refractivity contribution in [2.75, 3.05) is 47.1 Å². The molecule has 1 rings (SSSR count). The van der Waals surface area contributed by atoms with Gasteiger partial charge in [-0.15, -0.1) is 0 Å². The van der Waals surface area contributed by atoms with E-state index < -0.39 is 5.82 Å². The molecule has 118 valence electrons. The van der Waals surface area contributed by atoms with E-state index in [1.54, 1.807) is 26.4 Å². The highest BCUT2D eigenvalue weighted by Crippen LogP contribution is 2.09. The predicted molar refractivity (Wildman–Crippen MR) is 80.2 cm³/mol. The maximum absolute atomic E-state index is 13.5. The lowest BCUT2D eigenvalue weighted by Gasteiger charge is -2.21. The predicted octanol–water partition coefficient (Wildman–Crippen LogP) is 2.38. The first kappa shape index (κ1) is 17.8.